The third-order valence-electron chi connectivity index (χ3n) is 3.47. The Morgan fingerprint density at radius 1 is 1.24 bits per heavy atom. The number of hydrogen-bond acceptors (Lipinski definition) is 5. The summed E-state index contributed by atoms with van der Waals surface area (Å²) in [6.45, 7) is 7.02. The lowest BCUT2D eigenvalue weighted by Gasteiger charge is -2.18. The molecule has 1 atom stereocenters. The van der Waals surface area contributed by atoms with Crippen LogP contribution in [-0.2, 0) is 6.54 Å². The molecular formula is C16H22N2O2S. The van der Waals surface area contributed by atoms with Gasteiger partial charge in [0.1, 0.15) is 11.5 Å². The van der Waals surface area contributed by atoms with E-state index in [1.807, 2.05) is 25.1 Å². The van der Waals surface area contributed by atoms with Crippen molar-refractivity contribution in [3.63, 3.8) is 0 Å². The molecule has 0 radical (unpaired) electrons. The van der Waals surface area contributed by atoms with Crippen molar-refractivity contribution in [1.29, 1.82) is 0 Å². The number of nitrogens with zero attached hydrogens (tertiary/aromatic N) is 1. The van der Waals surface area contributed by atoms with Crippen LogP contribution >= 0.6 is 11.3 Å². The molecule has 0 aliphatic rings. The zero-order chi connectivity index (χ0) is 15.4. The van der Waals surface area contributed by atoms with Crippen LogP contribution in [0.25, 0.3) is 0 Å². The Morgan fingerprint density at radius 2 is 2.00 bits per heavy atom. The van der Waals surface area contributed by atoms with Gasteiger partial charge in [0.2, 0.25) is 0 Å². The number of ether oxygens (including phenoxy) is 2. The minimum absolute atomic E-state index is 0.164. The third kappa shape index (κ3) is 3.74. The molecule has 0 aliphatic carbocycles. The predicted molar refractivity (Wildman–Crippen MR) is 86.4 cm³/mol. The van der Waals surface area contributed by atoms with E-state index in [2.05, 4.69) is 24.1 Å². The largest absolute Gasteiger partial charge is 0.497 e. The highest BCUT2D eigenvalue weighted by Crippen LogP contribution is 2.29. The molecule has 4 nitrogen and oxygen atoms in total. The molecule has 5 heteroatoms. The predicted octanol–water partition coefficient (Wildman–Crippen LogP) is 3.63. The molecule has 0 spiro atoms. The maximum absolute atomic E-state index is 5.44. The molecule has 0 saturated carbocycles. The first-order chi connectivity index (χ1) is 10.0. The maximum Gasteiger partial charge on any atom is 0.123 e. The Kier molecular flexibility index (Phi) is 5.20. The van der Waals surface area contributed by atoms with Crippen molar-refractivity contribution >= 4 is 11.3 Å². The monoisotopic (exact) mass is 306 g/mol. The Balaban J connectivity index is 2.12. The lowest BCUT2D eigenvalue weighted by atomic mass is 10.1. The molecule has 1 aromatic carbocycles. The minimum atomic E-state index is 0.164. The van der Waals surface area contributed by atoms with Gasteiger partial charge in [-0.15, -0.1) is 11.3 Å². The SMILES string of the molecule is COc1ccc(OC)c(C(C)NCc2sc(C)nc2C)c1. The Labute approximate surface area is 130 Å². The summed E-state index contributed by atoms with van der Waals surface area (Å²) < 4.78 is 10.7. The Hall–Kier alpha value is -1.59. The average Bonchev–Trinajstić information content (AvgIpc) is 2.81. The summed E-state index contributed by atoms with van der Waals surface area (Å²) in [5.41, 5.74) is 2.20. The first-order valence-electron chi connectivity index (χ1n) is 6.93. The van der Waals surface area contributed by atoms with E-state index in [0.29, 0.717) is 0 Å². The second-order valence-corrected chi connectivity index (χ2v) is 6.24. The van der Waals surface area contributed by atoms with Crippen LogP contribution in [0.15, 0.2) is 18.2 Å². The van der Waals surface area contributed by atoms with Gasteiger partial charge in [0.15, 0.2) is 0 Å². The normalized spacial score (nSPS) is 12.2. The van der Waals surface area contributed by atoms with Crippen molar-refractivity contribution in [3.8, 4) is 11.5 Å². The first-order valence-corrected chi connectivity index (χ1v) is 7.75. The van der Waals surface area contributed by atoms with Crippen LogP contribution in [0.3, 0.4) is 0 Å². The number of thiazole rings is 1. The van der Waals surface area contributed by atoms with E-state index in [4.69, 9.17) is 9.47 Å². The molecule has 0 amide bonds. The molecule has 0 fully saturated rings. The zero-order valence-electron chi connectivity index (χ0n) is 13.2. The molecule has 21 heavy (non-hydrogen) atoms. The lowest BCUT2D eigenvalue weighted by molar-refractivity contribution is 0.391. The second kappa shape index (κ2) is 6.91. The van der Waals surface area contributed by atoms with E-state index in [1.165, 1.54) is 4.88 Å². The van der Waals surface area contributed by atoms with E-state index in [9.17, 15) is 0 Å². The zero-order valence-corrected chi connectivity index (χ0v) is 14.0. The topological polar surface area (TPSA) is 43.4 Å². The summed E-state index contributed by atoms with van der Waals surface area (Å²) in [7, 11) is 3.36. The minimum Gasteiger partial charge on any atom is -0.497 e. The van der Waals surface area contributed by atoms with Gasteiger partial charge in [0.25, 0.3) is 0 Å². The maximum atomic E-state index is 5.44. The number of rotatable bonds is 6. The fraction of sp³-hybridized carbons (Fsp3) is 0.438. The quantitative estimate of drug-likeness (QED) is 0.885. The Bertz CT molecular complexity index is 610. The van der Waals surface area contributed by atoms with Crippen molar-refractivity contribution < 1.29 is 9.47 Å². The van der Waals surface area contributed by atoms with Crippen LogP contribution in [0.1, 0.15) is 34.1 Å². The van der Waals surface area contributed by atoms with E-state index >= 15 is 0 Å². The van der Waals surface area contributed by atoms with Crippen molar-refractivity contribution in [1.82, 2.24) is 10.3 Å². The van der Waals surface area contributed by atoms with Crippen LogP contribution in [0.4, 0.5) is 0 Å². The fourth-order valence-electron chi connectivity index (χ4n) is 2.27. The summed E-state index contributed by atoms with van der Waals surface area (Å²) >= 11 is 1.74. The number of nitrogens with one attached hydrogen (secondary N) is 1. The number of aromatic nitrogens is 1. The molecule has 1 N–H and O–H groups in total. The smallest absolute Gasteiger partial charge is 0.123 e. The van der Waals surface area contributed by atoms with Crippen LogP contribution < -0.4 is 14.8 Å². The molecule has 1 heterocycles. The van der Waals surface area contributed by atoms with Crippen molar-refractivity contribution in [3.05, 3.63) is 39.3 Å². The van der Waals surface area contributed by atoms with Crippen LogP contribution in [-0.4, -0.2) is 19.2 Å². The number of aryl methyl sites for hydroxylation is 2. The summed E-state index contributed by atoms with van der Waals surface area (Å²) in [6.07, 6.45) is 0. The summed E-state index contributed by atoms with van der Waals surface area (Å²) in [6, 6.07) is 6.03. The van der Waals surface area contributed by atoms with Gasteiger partial charge in [-0.3, -0.25) is 0 Å². The van der Waals surface area contributed by atoms with Crippen molar-refractivity contribution in [2.75, 3.05) is 14.2 Å². The van der Waals surface area contributed by atoms with Crippen molar-refractivity contribution in [2.45, 2.75) is 33.4 Å². The molecule has 1 aromatic heterocycles. The Morgan fingerprint density at radius 3 is 2.57 bits per heavy atom. The molecule has 2 rings (SSSR count). The van der Waals surface area contributed by atoms with Gasteiger partial charge in [0, 0.05) is 23.0 Å². The molecular weight excluding hydrogens is 284 g/mol. The third-order valence-corrected chi connectivity index (χ3v) is 4.54. The second-order valence-electron chi connectivity index (χ2n) is 4.95. The van der Waals surface area contributed by atoms with Gasteiger partial charge in [0.05, 0.1) is 24.9 Å². The molecule has 114 valence electrons. The summed E-state index contributed by atoms with van der Waals surface area (Å²) in [4.78, 5) is 5.74. The van der Waals surface area contributed by atoms with Gasteiger partial charge >= 0.3 is 0 Å². The van der Waals surface area contributed by atoms with Crippen LogP contribution in [0.5, 0.6) is 11.5 Å². The molecule has 2 aromatic rings. The number of benzene rings is 1. The van der Waals surface area contributed by atoms with Crippen LogP contribution in [0, 0.1) is 13.8 Å². The molecule has 0 saturated heterocycles. The first kappa shape index (κ1) is 15.8. The van der Waals surface area contributed by atoms with Gasteiger partial charge in [-0.05, 0) is 39.0 Å². The molecule has 1 unspecified atom stereocenters. The van der Waals surface area contributed by atoms with E-state index in [0.717, 1.165) is 34.3 Å². The highest BCUT2D eigenvalue weighted by Gasteiger charge is 2.13. The highest BCUT2D eigenvalue weighted by atomic mass is 32.1. The fourth-order valence-corrected chi connectivity index (χ4v) is 3.16. The molecule has 0 bridgehead atoms. The molecule has 0 aliphatic heterocycles. The highest BCUT2D eigenvalue weighted by molar-refractivity contribution is 7.11. The van der Waals surface area contributed by atoms with Crippen molar-refractivity contribution in [2.24, 2.45) is 0 Å². The number of hydrogen-bond donors (Lipinski definition) is 1. The van der Waals surface area contributed by atoms with Gasteiger partial charge in [-0.25, -0.2) is 4.98 Å². The van der Waals surface area contributed by atoms with Gasteiger partial charge in [-0.1, -0.05) is 0 Å². The van der Waals surface area contributed by atoms with Crippen LogP contribution in [0.2, 0.25) is 0 Å². The van der Waals surface area contributed by atoms with Gasteiger partial charge < -0.3 is 14.8 Å². The summed E-state index contributed by atoms with van der Waals surface area (Å²) in [5, 5.41) is 4.64. The standard InChI is InChI=1S/C16H22N2O2S/c1-10(17-9-16-11(2)18-12(3)21-16)14-8-13(19-4)6-7-15(14)20-5/h6-8,10,17H,9H2,1-5H3. The van der Waals surface area contributed by atoms with E-state index in [1.54, 1.807) is 25.6 Å². The number of methoxy groups -OCH3 is 2. The van der Waals surface area contributed by atoms with E-state index in [-0.39, 0.29) is 6.04 Å². The van der Waals surface area contributed by atoms with E-state index < -0.39 is 0 Å². The average molecular weight is 306 g/mol. The summed E-state index contributed by atoms with van der Waals surface area (Å²) in [5.74, 6) is 1.71. The van der Waals surface area contributed by atoms with Gasteiger partial charge in [-0.2, -0.15) is 0 Å². The lowest BCUT2D eigenvalue weighted by Crippen LogP contribution is -2.18.